The highest BCUT2D eigenvalue weighted by Crippen LogP contribution is 2.23. The Kier molecular flexibility index (Phi) is 4.65. The molecule has 1 aromatic rings. The number of anilines is 1. The Bertz CT molecular complexity index is 373. The van der Waals surface area contributed by atoms with Gasteiger partial charge in [0, 0.05) is 25.3 Å². The van der Waals surface area contributed by atoms with E-state index in [1.807, 2.05) is 0 Å². The maximum Gasteiger partial charge on any atom is 0.0370 e. The second-order valence-electron chi connectivity index (χ2n) is 5.84. The lowest BCUT2D eigenvalue weighted by Gasteiger charge is -2.18. The van der Waals surface area contributed by atoms with Crippen molar-refractivity contribution in [2.75, 3.05) is 31.5 Å². The largest absolute Gasteiger partial charge is 0.384 e. The fraction of sp³-hybridized carbons (Fsp3) is 0.625. The first-order chi connectivity index (χ1) is 8.66. The molecule has 2 heteroatoms. The van der Waals surface area contributed by atoms with Crippen LogP contribution in [0.5, 0.6) is 0 Å². The summed E-state index contributed by atoms with van der Waals surface area (Å²) in [6, 6.07) is 8.51. The summed E-state index contributed by atoms with van der Waals surface area (Å²) in [5.74, 6) is 1.74. The maximum atomic E-state index is 3.54. The van der Waals surface area contributed by atoms with Gasteiger partial charge in [-0.05, 0) is 43.4 Å². The molecule has 1 aliphatic rings. The molecule has 1 saturated heterocycles. The van der Waals surface area contributed by atoms with Crippen LogP contribution >= 0.6 is 0 Å². The number of benzene rings is 1. The molecule has 0 spiro atoms. The van der Waals surface area contributed by atoms with E-state index in [1.165, 1.54) is 30.8 Å². The normalized spacial score (nSPS) is 20.6. The molecule has 2 nitrogen and oxygen atoms in total. The topological polar surface area (TPSA) is 15.3 Å². The number of para-hydroxylation sites is 1. The zero-order chi connectivity index (χ0) is 13.0. The van der Waals surface area contributed by atoms with Crippen molar-refractivity contribution in [3.8, 4) is 0 Å². The van der Waals surface area contributed by atoms with Gasteiger partial charge in [-0.15, -0.1) is 0 Å². The summed E-state index contributed by atoms with van der Waals surface area (Å²) < 4.78 is 0. The molecule has 0 saturated carbocycles. The third-order valence-electron chi connectivity index (χ3n) is 4.14. The van der Waals surface area contributed by atoms with Crippen LogP contribution in [-0.2, 0) is 0 Å². The van der Waals surface area contributed by atoms with E-state index in [0.29, 0.717) is 0 Å². The predicted molar refractivity (Wildman–Crippen MR) is 79.1 cm³/mol. The van der Waals surface area contributed by atoms with Gasteiger partial charge in [-0.1, -0.05) is 32.0 Å². The zero-order valence-corrected chi connectivity index (χ0v) is 11.9. The van der Waals surface area contributed by atoms with E-state index < -0.39 is 0 Å². The number of hydrogen-bond acceptors (Lipinski definition) is 2. The molecule has 0 aliphatic carbocycles. The predicted octanol–water partition coefficient (Wildman–Crippen LogP) is 3.38. The van der Waals surface area contributed by atoms with Crippen molar-refractivity contribution in [3.63, 3.8) is 0 Å². The van der Waals surface area contributed by atoms with Crippen molar-refractivity contribution in [1.29, 1.82) is 0 Å². The molecule has 1 aliphatic heterocycles. The van der Waals surface area contributed by atoms with Gasteiger partial charge in [-0.3, -0.25) is 0 Å². The monoisotopic (exact) mass is 246 g/mol. The van der Waals surface area contributed by atoms with Gasteiger partial charge in [0.25, 0.3) is 0 Å². The van der Waals surface area contributed by atoms with Crippen LogP contribution in [0.4, 0.5) is 5.69 Å². The minimum Gasteiger partial charge on any atom is -0.384 e. The Morgan fingerprint density at radius 1 is 1.33 bits per heavy atom. The molecule has 1 heterocycles. The van der Waals surface area contributed by atoms with Crippen LogP contribution < -0.4 is 5.32 Å². The number of rotatable bonds is 5. The maximum absolute atomic E-state index is 3.54. The highest BCUT2D eigenvalue weighted by atomic mass is 15.2. The summed E-state index contributed by atoms with van der Waals surface area (Å²) >= 11 is 0. The Hall–Kier alpha value is -1.02. The number of likely N-dealkylation sites (tertiary alicyclic amines) is 1. The molecular weight excluding hydrogens is 220 g/mol. The Morgan fingerprint density at radius 2 is 2.11 bits per heavy atom. The molecule has 18 heavy (non-hydrogen) atoms. The van der Waals surface area contributed by atoms with Crippen LogP contribution in [0.25, 0.3) is 0 Å². The fourth-order valence-corrected chi connectivity index (χ4v) is 2.73. The van der Waals surface area contributed by atoms with Gasteiger partial charge < -0.3 is 10.2 Å². The van der Waals surface area contributed by atoms with Gasteiger partial charge in [0.15, 0.2) is 0 Å². The molecule has 0 amide bonds. The zero-order valence-electron chi connectivity index (χ0n) is 11.9. The van der Waals surface area contributed by atoms with Crippen molar-refractivity contribution in [3.05, 3.63) is 29.8 Å². The van der Waals surface area contributed by atoms with Crippen molar-refractivity contribution < 1.29 is 0 Å². The van der Waals surface area contributed by atoms with Crippen LogP contribution in [0.2, 0.25) is 0 Å². The Morgan fingerprint density at radius 3 is 2.78 bits per heavy atom. The van der Waals surface area contributed by atoms with Crippen molar-refractivity contribution in [2.45, 2.75) is 27.2 Å². The lowest BCUT2D eigenvalue weighted by atomic mass is 9.95. The quantitative estimate of drug-likeness (QED) is 0.857. The highest BCUT2D eigenvalue weighted by Gasteiger charge is 2.23. The van der Waals surface area contributed by atoms with Gasteiger partial charge in [-0.25, -0.2) is 0 Å². The van der Waals surface area contributed by atoms with Crippen LogP contribution in [0, 0.1) is 18.8 Å². The first kappa shape index (κ1) is 13.4. The minimum absolute atomic E-state index is 0.833. The number of hydrogen-bond donors (Lipinski definition) is 1. The van der Waals surface area contributed by atoms with Crippen LogP contribution in [0.15, 0.2) is 24.3 Å². The average Bonchev–Trinajstić information content (AvgIpc) is 2.80. The molecule has 0 bridgehead atoms. The molecule has 0 radical (unpaired) electrons. The third kappa shape index (κ3) is 3.49. The third-order valence-corrected chi connectivity index (χ3v) is 4.14. The van der Waals surface area contributed by atoms with Gasteiger partial charge in [0.05, 0.1) is 0 Å². The standard InChI is InChI=1S/C16H26N2/c1-13(2)15-8-10-18(12-15)11-9-17-16-7-5-4-6-14(16)3/h4-7,13,15,17H,8-12H2,1-3H3. The van der Waals surface area contributed by atoms with Crippen LogP contribution in [0.1, 0.15) is 25.8 Å². The second kappa shape index (κ2) is 6.24. The van der Waals surface area contributed by atoms with Gasteiger partial charge in [0.2, 0.25) is 0 Å². The van der Waals surface area contributed by atoms with E-state index in [0.717, 1.165) is 24.9 Å². The molecule has 0 aromatic heterocycles. The smallest absolute Gasteiger partial charge is 0.0370 e. The van der Waals surface area contributed by atoms with Gasteiger partial charge in [-0.2, -0.15) is 0 Å². The molecule has 2 rings (SSSR count). The molecule has 1 atom stereocenters. The fourth-order valence-electron chi connectivity index (χ4n) is 2.73. The molecular formula is C16H26N2. The van der Waals surface area contributed by atoms with E-state index in [1.54, 1.807) is 0 Å². The number of aryl methyl sites for hydroxylation is 1. The van der Waals surface area contributed by atoms with Crippen molar-refractivity contribution >= 4 is 5.69 Å². The molecule has 1 N–H and O–H groups in total. The van der Waals surface area contributed by atoms with Gasteiger partial charge >= 0.3 is 0 Å². The van der Waals surface area contributed by atoms with E-state index in [2.05, 4.69) is 55.3 Å². The minimum atomic E-state index is 0.833. The Labute approximate surface area is 111 Å². The van der Waals surface area contributed by atoms with E-state index in [-0.39, 0.29) is 0 Å². The van der Waals surface area contributed by atoms with Crippen molar-refractivity contribution in [1.82, 2.24) is 4.90 Å². The summed E-state index contributed by atoms with van der Waals surface area (Å²) in [5.41, 5.74) is 2.61. The average molecular weight is 246 g/mol. The lowest BCUT2D eigenvalue weighted by Crippen LogP contribution is -2.27. The van der Waals surface area contributed by atoms with E-state index in [9.17, 15) is 0 Å². The summed E-state index contributed by atoms with van der Waals surface area (Å²) in [6.45, 7) is 11.6. The number of nitrogens with zero attached hydrogens (tertiary/aromatic N) is 1. The summed E-state index contributed by atoms with van der Waals surface area (Å²) in [5, 5.41) is 3.54. The van der Waals surface area contributed by atoms with Crippen molar-refractivity contribution in [2.24, 2.45) is 11.8 Å². The van der Waals surface area contributed by atoms with Crippen LogP contribution in [-0.4, -0.2) is 31.1 Å². The van der Waals surface area contributed by atoms with E-state index >= 15 is 0 Å². The van der Waals surface area contributed by atoms with Gasteiger partial charge in [0.1, 0.15) is 0 Å². The summed E-state index contributed by atoms with van der Waals surface area (Å²) in [7, 11) is 0. The molecule has 100 valence electrons. The van der Waals surface area contributed by atoms with Crippen LogP contribution in [0.3, 0.4) is 0 Å². The molecule has 1 fully saturated rings. The summed E-state index contributed by atoms with van der Waals surface area (Å²) in [4.78, 5) is 2.59. The highest BCUT2D eigenvalue weighted by molar-refractivity contribution is 5.50. The Balaban J connectivity index is 1.72. The molecule has 1 aromatic carbocycles. The SMILES string of the molecule is Cc1ccccc1NCCN1CCC(C(C)C)C1. The van der Waals surface area contributed by atoms with E-state index in [4.69, 9.17) is 0 Å². The first-order valence-electron chi connectivity index (χ1n) is 7.18. The molecule has 1 unspecified atom stereocenters. The lowest BCUT2D eigenvalue weighted by molar-refractivity contribution is 0.313. The summed E-state index contributed by atoms with van der Waals surface area (Å²) in [6.07, 6.45) is 1.38. The number of nitrogens with one attached hydrogen (secondary N) is 1. The second-order valence-corrected chi connectivity index (χ2v) is 5.84. The first-order valence-corrected chi connectivity index (χ1v) is 7.18.